The van der Waals surface area contributed by atoms with Crippen LogP contribution in [0.5, 0.6) is 0 Å². The predicted octanol–water partition coefficient (Wildman–Crippen LogP) is 1.95. The van der Waals surface area contributed by atoms with Crippen molar-refractivity contribution in [3.05, 3.63) is 29.8 Å². The zero-order chi connectivity index (χ0) is 15.6. The Morgan fingerprint density at radius 1 is 1.14 bits per heavy atom. The average molecular weight is 285 g/mol. The maximum Gasteiger partial charge on any atom is 0.335 e. The summed E-state index contributed by atoms with van der Waals surface area (Å²) in [6, 6.07) is 7.28. The fourth-order valence-electron chi connectivity index (χ4n) is 2.47. The van der Waals surface area contributed by atoms with Crippen LogP contribution in [0, 0.1) is 16.7 Å². The van der Waals surface area contributed by atoms with E-state index in [4.69, 9.17) is 5.26 Å². The first-order chi connectivity index (χ1) is 10.00. The second kappa shape index (κ2) is 5.37. The molecule has 108 valence electrons. The SMILES string of the molecule is CCC1(CC)C(=O)NC(=O)N(c2ccc(C#N)cc2)C1=O. The second-order valence-corrected chi connectivity index (χ2v) is 4.85. The van der Waals surface area contributed by atoms with E-state index in [1.165, 1.54) is 24.3 Å². The Morgan fingerprint density at radius 3 is 2.19 bits per heavy atom. The largest absolute Gasteiger partial charge is 0.335 e. The molecule has 0 saturated carbocycles. The van der Waals surface area contributed by atoms with Gasteiger partial charge in [0, 0.05) is 0 Å². The van der Waals surface area contributed by atoms with Gasteiger partial charge in [-0.15, -0.1) is 0 Å². The number of carbonyl (C=O) groups is 3. The Bertz CT molecular complexity index is 639. The molecule has 1 N–H and O–H groups in total. The Labute approximate surface area is 122 Å². The molecule has 6 heteroatoms. The van der Waals surface area contributed by atoms with Crippen molar-refractivity contribution in [2.24, 2.45) is 5.41 Å². The van der Waals surface area contributed by atoms with Gasteiger partial charge in [-0.05, 0) is 37.1 Å². The first-order valence-electron chi connectivity index (χ1n) is 6.70. The molecule has 1 aromatic carbocycles. The van der Waals surface area contributed by atoms with Crippen molar-refractivity contribution >= 4 is 23.5 Å². The predicted molar refractivity (Wildman–Crippen MR) is 75.2 cm³/mol. The molecule has 1 aliphatic rings. The van der Waals surface area contributed by atoms with Gasteiger partial charge in [0.15, 0.2) is 0 Å². The van der Waals surface area contributed by atoms with E-state index in [0.29, 0.717) is 24.1 Å². The molecule has 0 aliphatic carbocycles. The van der Waals surface area contributed by atoms with Crippen LogP contribution in [0.1, 0.15) is 32.3 Å². The van der Waals surface area contributed by atoms with Crippen LogP contribution in [0.15, 0.2) is 24.3 Å². The van der Waals surface area contributed by atoms with Gasteiger partial charge in [0.05, 0.1) is 17.3 Å². The van der Waals surface area contributed by atoms with E-state index in [9.17, 15) is 14.4 Å². The molecule has 1 aliphatic heterocycles. The number of carbonyl (C=O) groups excluding carboxylic acids is 3. The van der Waals surface area contributed by atoms with E-state index in [1.54, 1.807) is 13.8 Å². The van der Waals surface area contributed by atoms with Gasteiger partial charge in [-0.3, -0.25) is 14.9 Å². The summed E-state index contributed by atoms with van der Waals surface area (Å²) >= 11 is 0. The lowest BCUT2D eigenvalue weighted by atomic mass is 9.78. The van der Waals surface area contributed by atoms with Crippen molar-refractivity contribution in [1.29, 1.82) is 5.26 Å². The average Bonchev–Trinajstić information content (AvgIpc) is 2.49. The van der Waals surface area contributed by atoms with Crippen LogP contribution in [0.4, 0.5) is 10.5 Å². The minimum Gasteiger partial charge on any atom is -0.276 e. The molecule has 4 amide bonds. The Hall–Kier alpha value is -2.68. The molecule has 0 atom stereocenters. The third kappa shape index (κ3) is 2.17. The van der Waals surface area contributed by atoms with Crippen molar-refractivity contribution < 1.29 is 14.4 Å². The Morgan fingerprint density at radius 2 is 1.71 bits per heavy atom. The summed E-state index contributed by atoms with van der Waals surface area (Å²) in [5.74, 6) is -1.07. The molecular weight excluding hydrogens is 270 g/mol. The highest BCUT2D eigenvalue weighted by atomic mass is 16.2. The molecule has 21 heavy (non-hydrogen) atoms. The van der Waals surface area contributed by atoms with Crippen molar-refractivity contribution in [1.82, 2.24) is 5.32 Å². The number of rotatable bonds is 3. The molecule has 1 fully saturated rings. The summed E-state index contributed by atoms with van der Waals surface area (Å²) in [6.45, 7) is 3.49. The van der Waals surface area contributed by atoms with Crippen LogP contribution in [0.3, 0.4) is 0 Å². The number of amides is 4. The zero-order valence-corrected chi connectivity index (χ0v) is 11.8. The third-order valence-electron chi connectivity index (χ3n) is 3.93. The maximum absolute atomic E-state index is 12.7. The van der Waals surface area contributed by atoms with Crippen molar-refractivity contribution in [2.75, 3.05) is 4.90 Å². The number of urea groups is 1. The molecule has 1 aromatic rings. The van der Waals surface area contributed by atoms with Crippen LogP contribution >= 0.6 is 0 Å². The Balaban J connectivity index is 2.46. The zero-order valence-electron chi connectivity index (χ0n) is 11.8. The van der Waals surface area contributed by atoms with Gasteiger partial charge in [0.2, 0.25) is 5.91 Å². The maximum atomic E-state index is 12.7. The van der Waals surface area contributed by atoms with Crippen molar-refractivity contribution in [3.8, 4) is 6.07 Å². The van der Waals surface area contributed by atoms with E-state index in [-0.39, 0.29) is 0 Å². The van der Waals surface area contributed by atoms with E-state index >= 15 is 0 Å². The van der Waals surface area contributed by atoms with Gasteiger partial charge in [-0.25, -0.2) is 9.69 Å². The second-order valence-electron chi connectivity index (χ2n) is 4.85. The number of anilines is 1. The molecule has 2 rings (SSSR count). The van der Waals surface area contributed by atoms with Crippen LogP contribution in [0.2, 0.25) is 0 Å². The van der Waals surface area contributed by atoms with Gasteiger partial charge in [-0.2, -0.15) is 5.26 Å². The quantitative estimate of drug-likeness (QED) is 0.859. The summed E-state index contributed by atoms with van der Waals surface area (Å²) < 4.78 is 0. The number of barbiturate groups is 1. The number of nitriles is 1. The standard InChI is InChI=1S/C15H15N3O3/c1-3-15(4-2)12(19)17-14(21)18(13(15)20)11-7-5-10(9-16)6-8-11/h5-8H,3-4H2,1-2H3,(H,17,19,21). The lowest BCUT2D eigenvalue weighted by molar-refractivity contribution is -0.143. The van der Waals surface area contributed by atoms with Gasteiger partial charge < -0.3 is 0 Å². The fraction of sp³-hybridized carbons (Fsp3) is 0.333. The number of imide groups is 2. The van der Waals surface area contributed by atoms with Crippen molar-refractivity contribution in [3.63, 3.8) is 0 Å². The van der Waals surface area contributed by atoms with E-state index < -0.39 is 23.3 Å². The number of hydrogen-bond acceptors (Lipinski definition) is 4. The lowest BCUT2D eigenvalue weighted by Crippen LogP contribution is -2.63. The lowest BCUT2D eigenvalue weighted by Gasteiger charge is -2.38. The first-order valence-corrected chi connectivity index (χ1v) is 6.70. The van der Waals surface area contributed by atoms with Gasteiger partial charge >= 0.3 is 6.03 Å². The van der Waals surface area contributed by atoms with Crippen LogP contribution in [-0.4, -0.2) is 17.8 Å². The highest BCUT2D eigenvalue weighted by Gasteiger charge is 2.51. The molecule has 0 bridgehead atoms. The third-order valence-corrected chi connectivity index (χ3v) is 3.93. The summed E-state index contributed by atoms with van der Waals surface area (Å²) in [4.78, 5) is 37.7. The molecule has 0 aromatic heterocycles. The molecule has 1 saturated heterocycles. The summed E-state index contributed by atoms with van der Waals surface area (Å²) in [7, 11) is 0. The minimum atomic E-state index is -1.22. The summed E-state index contributed by atoms with van der Waals surface area (Å²) in [6.07, 6.45) is 0.627. The number of nitrogens with one attached hydrogen (secondary N) is 1. The number of hydrogen-bond donors (Lipinski definition) is 1. The summed E-state index contributed by atoms with van der Waals surface area (Å²) in [5.41, 5.74) is -0.450. The van der Waals surface area contributed by atoms with Crippen LogP contribution in [0.25, 0.3) is 0 Å². The van der Waals surface area contributed by atoms with Gasteiger partial charge in [0.1, 0.15) is 5.41 Å². The van der Waals surface area contributed by atoms with Gasteiger partial charge in [-0.1, -0.05) is 13.8 Å². The summed E-state index contributed by atoms with van der Waals surface area (Å²) in [5, 5.41) is 11.0. The van der Waals surface area contributed by atoms with Crippen molar-refractivity contribution in [2.45, 2.75) is 26.7 Å². The molecule has 0 unspecified atom stereocenters. The molecular formula is C15H15N3O3. The normalized spacial score (nSPS) is 17.4. The topological polar surface area (TPSA) is 90.3 Å². The van der Waals surface area contributed by atoms with E-state index in [0.717, 1.165) is 4.90 Å². The molecule has 1 heterocycles. The number of benzene rings is 1. The van der Waals surface area contributed by atoms with Crippen LogP contribution in [-0.2, 0) is 9.59 Å². The first kappa shape index (κ1) is 14.7. The molecule has 0 radical (unpaired) electrons. The molecule has 6 nitrogen and oxygen atoms in total. The van der Waals surface area contributed by atoms with E-state index in [1.807, 2.05) is 6.07 Å². The molecule has 0 spiro atoms. The number of nitrogens with zero attached hydrogens (tertiary/aromatic N) is 2. The Kier molecular flexibility index (Phi) is 3.76. The minimum absolute atomic E-state index is 0.314. The fourth-order valence-corrected chi connectivity index (χ4v) is 2.47. The highest BCUT2D eigenvalue weighted by Crippen LogP contribution is 2.34. The smallest absolute Gasteiger partial charge is 0.276 e. The van der Waals surface area contributed by atoms with Gasteiger partial charge in [0.25, 0.3) is 5.91 Å². The highest BCUT2D eigenvalue weighted by molar-refractivity contribution is 6.29. The monoisotopic (exact) mass is 285 g/mol. The van der Waals surface area contributed by atoms with E-state index in [2.05, 4.69) is 5.32 Å². The van der Waals surface area contributed by atoms with Crippen LogP contribution < -0.4 is 10.2 Å².